The average molecular weight is 289 g/mol. The smallest absolute Gasteiger partial charge is 0.369 e. The highest BCUT2D eigenvalue weighted by Gasteiger charge is 2.15. The second kappa shape index (κ2) is 6.12. The van der Waals surface area contributed by atoms with Gasteiger partial charge in [-0.05, 0) is 42.9 Å². The highest BCUT2D eigenvalue weighted by molar-refractivity contribution is 7.14. The van der Waals surface area contributed by atoms with E-state index in [4.69, 9.17) is 14.7 Å². The third-order valence-corrected chi connectivity index (χ3v) is 3.15. The number of hydrogen-bond donors (Lipinski definition) is 0. The molecular weight excluding hydrogens is 278 g/mol. The van der Waals surface area contributed by atoms with E-state index in [1.165, 1.54) is 0 Å². The van der Waals surface area contributed by atoms with E-state index in [1.54, 1.807) is 25.1 Å². The lowest BCUT2D eigenvalue weighted by Crippen LogP contribution is -2.03. The van der Waals surface area contributed by atoms with E-state index in [-0.39, 0.29) is 16.8 Å². The van der Waals surface area contributed by atoms with Gasteiger partial charge in [0, 0.05) is 0 Å². The largest absolute Gasteiger partial charge is 0.461 e. The first-order valence-corrected chi connectivity index (χ1v) is 6.65. The second-order valence-electron chi connectivity index (χ2n) is 3.79. The van der Waals surface area contributed by atoms with Gasteiger partial charge < -0.3 is 9.47 Å². The number of nitriles is 1. The molecule has 1 heterocycles. The van der Waals surface area contributed by atoms with Gasteiger partial charge in [0.05, 0.1) is 18.2 Å². The maximum Gasteiger partial charge on any atom is 0.369 e. The molecule has 0 aliphatic carbocycles. The van der Waals surface area contributed by atoms with Crippen molar-refractivity contribution in [3.05, 3.63) is 34.3 Å². The number of carbonyl (C=O) groups excluding carboxylic acids is 1. The van der Waals surface area contributed by atoms with Crippen LogP contribution in [-0.4, -0.2) is 22.8 Å². The molecule has 0 fully saturated rings. The summed E-state index contributed by atoms with van der Waals surface area (Å²) in [6.07, 6.45) is 0. The Morgan fingerprint density at radius 3 is 2.95 bits per heavy atom. The summed E-state index contributed by atoms with van der Waals surface area (Å²) in [5.74, 6) is -0.0158. The molecule has 0 bridgehead atoms. The van der Waals surface area contributed by atoms with Gasteiger partial charge in [-0.15, -0.1) is 5.10 Å². The van der Waals surface area contributed by atoms with E-state index in [2.05, 4.69) is 10.2 Å². The molecule has 0 aliphatic heterocycles. The fraction of sp³-hybridized carbons (Fsp3) is 0.231. The average Bonchev–Trinajstić information content (AvgIpc) is 2.90. The Morgan fingerprint density at radius 2 is 2.25 bits per heavy atom. The third-order valence-electron chi connectivity index (χ3n) is 2.37. The Labute approximate surface area is 119 Å². The summed E-state index contributed by atoms with van der Waals surface area (Å²) in [5, 5.41) is 16.7. The number of aromatic nitrogens is 2. The van der Waals surface area contributed by atoms with E-state index in [0.29, 0.717) is 11.3 Å². The van der Waals surface area contributed by atoms with Crippen LogP contribution in [0.3, 0.4) is 0 Å². The van der Waals surface area contributed by atoms with Crippen molar-refractivity contribution in [2.75, 3.05) is 6.61 Å². The van der Waals surface area contributed by atoms with Crippen molar-refractivity contribution in [3.8, 4) is 17.0 Å². The molecule has 0 spiro atoms. The fourth-order valence-electron chi connectivity index (χ4n) is 1.40. The highest BCUT2D eigenvalue weighted by atomic mass is 32.1. The van der Waals surface area contributed by atoms with Crippen LogP contribution in [0.5, 0.6) is 10.9 Å². The maximum absolute atomic E-state index is 11.5. The first-order valence-electron chi connectivity index (χ1n) is 5.83. The number of esters is 1. The van der Waals surface area contributed by atoms with Gasteiger partial charge in [-0.2, -0.15) is 5.26 Å². The lowest BCUT2D eigenvalue weighted by Gasteiger charge is -2.04. The van der Waals surface area contributed by atoms with Gasteiger partial charge in [0.1, 0.15) is 5.75 Å². The minimum Gasteiger partial charge on any atom is -0.461 e. The number of carbonyl (C=O) groups is 1. The lowest BCUT2D eigenvalue weighted by molar-refractivity contribution is 0.0525. The SMILES string of the molecule is CCOC(=O)c1nnc(Oc2cc(C#N)ccc2C)s1. The molecular formula is C13H11N3O3S. The van der Waals surface area contributed by atoms with Crippen LogP contribution in [0.1, 0.15) is 27.9 Å². The number of ether oxygens (including phenoxy) is 2. The molecule has 102 valence electrons. The molecule has 7 heteroatoms. The van der Waals surface area contributed by atoms with Gasteiger partial charge in [-0.25, -0.2) is 4.79 Å². The molecule has 0 aliphatic rings. The summed E-state index contributed by atoms with van der Waals surface area (Å²) in [6, 6.07) is 7.13. The predicted octanol–water partition coefficient (Wildman–Crippen LogP) is 2.69. The zero-order valence-electron chi connectivity index (χ0n) is 10.9. The van der Waals surface area contributed by atoms with Gasteiger partial charge >= 0.3 is 5.97 Å². The van der Waals surface area contributed by atoms with E-state index in [0.717, 1.165) is 16.9 Å². The molecule has 2 aromatic rings. The van der Waals surface area contributed by atoms with Gasteiger partial charge in [0.15, 0.2) is 0 Å². The summed E-state index contributed by atoms with van der Waals surface area (Å²) in [7, 11) is 0. The van der Waals surface area contributed by atoms with Crippen LogP contribution in [0, 0.1) is 18.3 Å². The summed E-state index contributed by atoms with van der Waals surface area (Å²) in [6.45, 7) is 3.84. The van der Waals surface area contributed by atoms with Crippen LogP contribution in [0.15, 0.2) is 18.2 Å². The second-order valence-corrected chi connectivity index (χ2v) is 4.73. The van der Waals surface area contributed by atoms with Gasteiger partial charge in [0.2, 0.25) is 5.01 Å². The maximum atomic E-state index is 11.5. The van der Waals surface area contributed by atoms with Gasteiger partial charge in [0.25, 0.3) is 5.19 Å². The topological polar surface area (TPSA) is 85.1 Å². The van der Waals surface area contributed by atoms with Crippen LogP contribution in [0.2, 0.25) is 0 Å². The summed E-state index contributed by atoms with van der Waals surface area (Å²) in [4.78, 5) is 11.5. The van der Waals surface area contributed by atoms with E-state index in [1.807, 2.05) is 13.0 Å². The number of nitrogens with zero attached hydrogens (tertiary/aromatic N) is 3. The number of rotatable bonds is 4. The zero-order chi connectivity index (χ0) is 14.5. The third kappa shape index (κ3) is 3.10. The molecule has 2 rings (SSSR count). The molecule has 1 aromatic heterocycles. The van der Waals surface area contributed by atoms with Crippen LogP contribution >= 0.6 is 11.3 Å². The molecule has 0 atom stereocenters. The fourth-order valence-corrected chi connectivity index (χ4v) is 2.00. The van der Waals surface area contributed by atoms with E-state index in [9.17, 15) is 4.79 Å². The molecule has 0 saturated heterocycles. The van der Waals surface area contributed by atoms with E-state index < -0.39 is 5.97 Å². The standard InChI is InChI=1S/C13H11N3O3S/c1-3-18-12(17)11-15-16-13(20-11)19-10-6-9(7-14)5-4-8(10)2/h4-6H,3H2,1-2H3. The van der Waals surface area contributed by atoms with Crippen LogP contribution in [-0.2, 0) is 4.74 Å². The Bertz CT molecular complexity index is 676. The highest BCUT2D eigenvalue weighted by Crippen LogP contribution is 2.28. The van der Waals surface area contributed by atoms with Crippen molar-refractivity contribution in [2.45, 2.75) is 13.8 Å². The van der Waals surface area contributed by atoms with Crippen LogP contribution < -0.4 is 4.74 Å². The first-order chi connectivity index (χ1) is 9.63. The van der Waals surface area contributed by atoms with Crippen molar-refractivity contribution in [1.29, 1.82) is 5.26 Å². The predicted molar refractivity (Wildman–Crippen MR) is 71.8 cm³/mol. The monoisotopic (exact) mass is 289 g/mol. The summed E-state index contributed by atoms with van der Waals surface area (Å²) >= 11 is 0.996. The minimum atomic E-state index is -0.526. The molecule has 6 nitrogen and oxygen atoms in total. The Balaban J connectivity index is 2.19. The Hall–Kier alpha value is -2.46. The molecule has 20 heavy (non-hydrogen) atoms. The van der Waals surface area contributed by atoms with E-state index >= 15 is 0 Å². The number of benzene rings is 1. The van der Waals surface area contributed by atoms with Gasteiger partial charge in [-0.3, -0.25) is 0 Å². The Kier molecular flexibility index (Phi) is 4.27. The van der Waals surface area contributed by atoms with Crippen molar-refractivity contribution >= 4 is 17.3 Å². The lowest BCUT2D eigenvalue weighted by atomic mass is 10.1. The molecule has 0 amide bonds. The molecule has 0 unspecified atom stereocenters. The summed E-state index contributed by atoms with van der Waals surface area (Å²) < 4.78 is 10.4. The van der Waals surface area contributed by atoms with Crippen LogP contribution in [0.25, 0.3) is 0 Å². The van der Waals surface area contributed by atoms with Crippen molar-refractivity contribution in [3.63, 3.8) is 0 Å². The number of hydrogen-bond acceptors (Lipinski definition) is 7. The van der Waals surface area contributed by atoms with Crippen molar-refractivity contribution in [1.82, 2.24) is 10.2 Å². The Morgan fingerprint density at radius 1 is 1.45 bits per heavy atom. The van der Waals surface area contributed by atoms with Crippen molar-refractivity contribution < 1.29 is 14.3 Å². The van der Waals surface area contributed by atoms with Crippen LogP contribution in [0.4, 0.5) is 0 Å². The molecule has 0 N–H and O–H groups in total. The quantitative estimate of drug-likeness (QED) is 0.804. The molecule has 0 radical (unpaired) electrons. The minimum absolute atomic E-state index is 0.135. The summed E-state index contributed by atoms with van der Waals surface area (Å²) in [5.41, 5.74) is 1.35. The normalized spacial score (nSPS) is 9.85. The van der Waals surface area contributed by atoms with Crippen molar-refractivity contribution in [2.24, 2.45) is 0 Å². The van der Waals surface area contributed by atoms with Gasteiger partial charge in [-0.1, -0.05) is 11.2 Å². The molecule has 0 saturated carbocycles. The zero-order valence-corrected chi connectivity index (χ0v) is 11.7. The molecule has 1 aromatic carbocycles. The first kappa shape index (κ1) is 14.0. The number of aryl methyl sites for hydroxylation is 1.